The summed E-state index contributed by atoms with van der Waals surface area (Å²) in [6.07, 6.45) is 0. The van der Waals surface area contributed by atoms with Crippen LogP contribution in [0.2, 0.25) is 0 Å². The first kappa shape index (κ1) is 19.6. The third-order valence-corrected chi connectivity index (χ3v) is 5.39. The van der Waals surface area contributed by atoms with Gasteiger partial charge in [0.1, 0.15) is 5.69 Å². The van der Waals surface area contributed by atoms with Crippen molar-refractivity contribution in [1.29, 1.82) is 0 Å². The number of thioether (sulfide) groups is 1. The highest BCUT2D eigenvalue weighted by atomic mass is 32.2. The summed E-state index contributed by atoms with van der Waals surface area (Å²) >= 11 is 1.22. The Morgan fingerprint density at radius 3 is 2.57 bits per heavy atom. The number of amides is 1. The molecule has 0 saturated heterocycles. The molecule has 0 unspecified atom stereocenters. The molecule has 1 heterocycles. The lowest BCUT2D eigenvalue weighted by molar-refractivity contribution is -0.384. The molecular formula is C19H19N5O3S. The molecule has 0 spiro atoms. The number of nitrogens with one attached hydrogen (secondary N) is 1. The molecule has 3 aromatic rings. The summed E-state index contributed by atoms with van der Waals surface area (Å²) in [7, 11) is 1.83. The standard InChI is InChI=1S/C19H19N5O3S/c1-12-9-10-15(24(26)27)17(13(12)2)20-16(25)11-28-19-22-21-18(23(19)3)14-7-5-4-6-8-14/h4-10H,11H2,1-3H3,(H,20,25). The largest absolute Gasteiger partial charge is 0.319 e. The number of benzene rings is 2. The summed E-state index contributed by atoms with van der Waals surface area (Å²) in [6.45, 7) is 3.59. The van der Waals surface area contributed by atoms with Crippen LogP contribution >= 0.6 is 11.8 Å². The minimum Gasteiger partial charge on any atom is -0.319 e. The van der Waals surface area contributed by atoms with Gasteiger partial charge in [-0.2, -0.15) is 0 Å². The van der Waals surface area contributed by atoms with Gasteiger partial charge in [-0.15, -0.1) is 10.2 Å². The molecule has 0 saturated carbocycles. The smallest absolute Gasteiger partial charge is 0.293 e. The second-order valence-corrected chi connectivity index (χ2v) is 7.17. The minimum atomic E-state index is -0.496. The molecule has 0 atom stereocenters. The fourth-order valence-corrected chi connectivity index (χ4v) is 3.41. The van der Waals surface area contributed by atoms with E-state index in [0.717, 1.165) is 11.1 Å². The Hall–Kier alpha value is -3.20. The van der Waals surface area contributed by atoms with Crippen LogP contribution in [-0.4, -0.2) is 31.3 Å². The summed E-state index contributed by atoms with van der Waals surface area (Å²) in [5, 5.41) is 22.8. The van der Waals surface area contributed by atoms with E-state index in [9.17, 15) is 14.9 Å². The Morgan fingerprint density at radius 1 is 1.18 bits per heavy atom. The van der Waals surface area contributed by atoms with Crippen molar-refractivity contribution in [3.63, 3.8) is 0 Å². The van der Waals surface area contributed by atoms with E-state index in [1.165, 1.54) is 17.8 Å². The predicted octanol–water partition coefficient (Wildman–Crippen LogP) is 3.74. The number of hydrogen-bond donors (Lipinski definition) is 1. The van der Waals surface area contributed by atoms with Crippen LogP contribution in [0.1, 0.15) is 11.1 Å². The van der Waals surface area contributed by atoms with Crippen LogP contribution < -0.4 is 5.32 Å². The van der Waals surface area contributed by atoms with Crippen LogP contribution in [0.25, 0.3) is 11.4 Å². The lowest BCUT2D eigenvalue weighted by atomic mass is 10.1. The molecule has 2 aromatic carbocycles. The monoisotopic (exact) mass is 397 g/mol. The van der Waals surface area contributed by atoms with E-state index in [4.69, 9.17) is 0 Å². The van der Waals surface area contributed by atoms with Crippen molar-refractivity contribution >= 4 is 29.0 Å². The van der Waals surface area contributed by atoms with Crippen LogP contribution in [0.5, 0.6) is 0 Å². The molecule has 3 rings (SSSR count). The number of aryl methyl sites for hydroxylation is 1. The summed E-state index contributed by atoms with van der Waals surface area (Å²) in [4.78, 5) is 23.2. The SMILES string of the molecule is Cc1ccc([N+](=O)[O-])c(NC(=O)CSc2nnc(-c3ccccc3)n2C)c1C. The van der Waals surface area contributed by atoms with E-state index < -0.39 is 4.92 Å². The number of nitro groups is 1. The summed E-state index contributed by atoms with van der Waals surface area (Å²) in [5.74, 6) is 0.422. The number of aromatic nitrogens is 3. The fraction of sp³-hybridized carbons (Fsp3) is 0.211. The van der Waals surface area contributed by atoms with Gasteiger partial charge in [0.05, 0.1) is 10.7 Å². The summed E-state index contributed by atoms with van der Waals surface area (Å²) in [5.41, 5.74) is 2.59. The fourth-order valence-electron chi connectivity index (χ4n) is 2.70. The van der Waals surface area contributed by atoms with Gasteiger partial charge in [0.15, 0.2) is 11.0 Å². The quantitative estimate of drug-likeness (QED) is 0.386. The zero-order valence-corrected chi connectivity index (χ0v) is 16.5. The third kappa shape index (κ3) is 4.04. The molecule has 8 nitrogen and oxygen atoms in total. The average molecular weight is 397 g/mol. The summed E-state index contributed by atoms with van der Waals surface area (Å²) < 4.78 is 1.81. The topological polar surface area (TPSA) is 103 Å². The first-order valence-electron chi connectivity index (χ1n) is 8.50. The number of anilines is 1. The molecule has 28 heavy (non-hydrogen) atoms. The Labute approximate surface area is 166 Å². The van der Waals surface area contributed by atoms with Gasteiger partial charge in [0.25, 0.3) is 5.69 Å². The van der Waals surface area contributed by atoms with Crippen LogP contribution in [0.3, 0.4) is 0 Å². The van der Waals surface area contributed by atoms with Gasteiger partial charge < -0.3 is 9.88 Å². The second-order valence-electron chi connectivity index (χ2n) is 6.23. The molecule has 0 aliphatic carbocycles. The van der Waals surface area contributed by atoms with Crippen molar-refractivity contribution in [3.05, 3.63) is 63.7 Å². The van der Waals surface area contributed by atoms with Crippen molar-refractivity contribution in [2.75, 3.05) is 11.1 Å². The van der Waals surface area contributed by atoms with Crippen molar-refractivity contribution in [1.82, 2.24) is 14.8 Å². The van der Waals surface area contributed by atoms with Gasteiger partial charge in [-0.3, -0.25) is 14.9 Å². The van der Waals surface area contributed by atoms with E-state index in [2.05, 4.69) is 15.5 Å². The maximum Gasteiger partial charge on any atom is 0.293 e. The Bertz CT molecular complexity index is 1030. The highest BCUT2D eigenvalue weighted by Gasteiger charge is 2.20. The summed E-state index contributed by atoms with van der Waals surface area (Å²) in [6, 6.07) is 12.7. The molecule has 9 heteroatoms. The lowest BCUT2D eigenvalue weighted by Gasteiger charge is -2.11. The molecule has 0 bridgehead atoms. The van der Waals surface area contributed by atoms with Crippen LogP contribution in [-0.2, 0) is 11.8 Å². The average Bonchev–Trinajstić information content (AvgIpc) is 3.05. The molecule has 0 aliphatic rings. The number of carbonyl (C=O) groups is 1. The molecule has 1 amide bonds. The normalized spacial score (nSPS) is 10.7. The van der Waals surface area contributed by atoms with Crippen molar-refractivity contribution < 1.29 is 9.72 Å². The first-order chi connectivity index (χ1) is 13.4. The van der Waals surface area contributed by atoms with Crippen molar-refractivity contribution in [2.24, 2.45) is 7.05 Å². The zero-order chi connectivity index (χ0) is 20.3. The van der Waals surface area contributed by atoms with Crippen molar-refractivity contribution in [2.45, 2.75) is 19.0 Å². The Morgan fingerprint density at radius 2 is 1.89 bits per heavy atom. The van der Waals surface area contributed by atoms with Crippen LogP contribution in [0.4, 0.5) is 11.4 Å². The molecule has 1 aromatic heterocycles. The number of rotatable bonds is 6. The van der Waals surface area contributed by atoms with E-state index in [1.807, 2.05) is 48.9 Å². The predicted molar refractivity (Wildman–Crippen MR) is 108 cm³/mol. The van der Waals surface area contributed by atoms with E-state index >= 15 is 0 Å². The molecule has 0 radical (unpaired) electrons. The first-order valence-corrected chi connectivity index (χ1v) is 9.49. The maximum atomic E-state index is 12.4. The minimum absolute atomic E-state index is 0.0608. The molecule has 0 aliphatic heterocycles. The van der Waals surface area contributed by atoms with E-state index in [1.54, 1.807) is 13.0 Å². The second kappa shape index (κ2) is 8.22. The van der Waals surface area contributed by atoms with Gasteiger partial charge in [-0.1, -0.05) is 48.2 Å². The van der Waals surface area contributed by atoms with Gasteiger partial charge in [-0.25, -0.2) is 0 Å². The number of nitrogens with zero attached hydrogens (tertiary/aromatic N) is 4. The Balaban J connectivity index is 1.72. The third-order valence-electron chi connectivity index (χ3n) is 4.37. The lowest BCUT2D eigenvalue weighted by Crippen LogP contribution is -2.16. The van der Waals surface area contributed by atoms with Crippen molar-refractivity contribution in [3.8, 4) is 11.4 Å². The van der Waals surface area contributed by atoms with E-state index in [0.29, 0.717) is 16.5 Å². The number of carbonyl (C=O) groups excluding carboxylic acids is 1. The molecule has 144 valence electrons. The van der Waals surface area contributed by atoms with Gasteiger partial charge >= 0.3 is 0 Å². The molecule has 1 N–H and O–H groups in total. The zero-order valence-electron chi connectivity index (χ0n) is 15.7. The van der Waals surface area contributed by atoms with Gasteiger partial charge in [0.2, 0.25) is 5.91 Å². The highest BCUT2D eigenvalue weighted by Crippen LogP contribution is 2.30. The Kier molecular flexibility index (Phi) is 5.74. The van der Waals surface area contributed by atoms with Gasteiger partial charge in [-0.05, 0) is 25.0 Å². The van der Waals surface area contributed by atoms with Crippen LogP contribution in [0, 0.1) is 24.0 Å². The molecular weight excluding hydrogens is 378 g/mol. The van der Waals surface area contributed by atoms with Crippen LogP contribution in [0.15, 0.2) is 47.6 Å². The number of nitro benzene ring substituents is 1. The highest BCUT2D eigenvalue weighted by molar-refractivity contribution is 7.99. The number of hydrogen-bond acceptors (Lipinski definition) is 6. The van der Waals surface area contributed by atoms with E-state index in [-0.39, 0.29) is 23.0 Å². The molecule has 0 fully saturated rings. The van der Waals surface area contributed by atoms with Gasteiger partial charge in [0, 0.05) is 18.7 Å². The maximum absolute atomic E-state index is 12.4.